The number of hydrogen-bond acceptors (Lipinski definition) is 5. The molecule has 0 unspecified atom stereocenters. The number of carbonyl (C=O) groups excluding carboxylic acids is 1. The van der Waals surface area contributed by atoms with Crippen molar-refractivity contribution < 1.29 is 18.0 Å². The molecule has 0 spiro atoms. The molecule has 1 aliphatic heterocycles. The van der Waals surface area contributed by atoms with E-state index in [4.69, 9.17) is 0 Å². The molecule has 1 aliphatic rings. The number of nitrogens with zero attached hydrogens (tertiary/aromatic N) is 3. The number of halogens is 3. The molecule has 6 nitrogen and oxygen atoms in total. The van der Waals surface area contributed by atoms with Crippen LogP contribution in [0.2, 0.25) is 0 Å². The third-order valence-electron chi connectivity index (χ3n) is 6.66. The molecule has 1 amide bonds. The lowest BCUT2D eigenvalue weighted by molar-refractivity contribution is -0.137. The summed E-state index contributed by atoms with van der Waals surface area (Å²) in [5.74, 6) is 0.860. The van der Waals surface area contributed by atoms with Crippen molar-refractivity contribution in [3.63, 3.8) is 0 Å². The topological polar surface area (TPSA) is 60.5 Å². The number of amides is 1. The molecule has 9 heteroatoms. The quantitative estimate of drug-likeness (QED) is 0.403. The summed E-state index contributed by atoms with van der Waals surface area (Å²) in [4.78, 5) is 21.0. The highest BCUT2D eigenvalue weighted by molar-refractivity contribution is 6.04. The van der Waals surface area contributed by atoms with E-state index < -0.39 is 11.7 Å². The summed E-state index contributed by atoms with van der Waals surface area (Å²) in [6.45, 7) is 6.97. The molecule has 0 aliphatic carbocycles. The van der Waals surface area contributed by atoms with Crippen molar-refractivity contribution in [2.45, 2.75) is 46.1 Å². The fourth-order valence-electron chi connectivity index (χ4n) is 4.69. The average molecular weight is 512 g/mol. The number of carbonyl (C=O) groups is 1. The molecule has 196 valence electrons. The van der Waals surface area contributed by atoms with Crippen LogP contribution >= 0.6 is 0 Å². The van der Waals surface area contributed by atoms with Gasteiger partial charge in [-0.2, -0.15) is 13.2 Å². The van der Waals surface area contributed by atoms with Crippen LogP contribution in [0.4, 0.5) is 36.1 Å². The van der Waals surface area contributed by atoms with E-state index in [1.54, 1.807) is 18.0 Å². The van der Waals surface area contributed by atoms with Gasteiger partial charge in [0.05, 0.1) is 22.6 Å². The monoisotopic (exact) mass is 511 g/mol. The SMILES string of the molecule is Cc1nc(NCc2ccc(CN(C)c3cccc(C(F)(F)F)c3)cc2)cc2c1NC(=O)[C@H](C(C)C)N2C. The van der Waals surface area contributed by atoms with E-state index in [2.05, 4.69) is 15.6 Å². The molecule has 1 atom stereocenters. The van der Waals surface area contributed by atoms with Crippen LogP contribution in [0.15, 0.2) is 54.6 Å². The van der Waals surface area contributed by atoms with Crippen LogP contribution in [0.1, 0.15) is 36.2 Å². The number of hydrogen-bond donors (Lipinski definition) is 2. The van der Waals surface area contributed by atoms with Crippen molar-refractivity contribution in [3.8, 4) is 0 Å². The third kappa shape index (κ3) is 5.81. The lowest BCUT2D eigenvalue weighted by atomic mass is 9.98. The number of aromatic nitrogens is 1. The first-order chi connectivity index (χ1) is 17.4. The number of pyridine rings is 1. The Kier molecular flexibility index (Phi) is 7.34. The van der Waals surface area contributed by atoms with Gasteiger partial charge in [0, 0.05) is 38.9 Å². The first-order valence-corrected chi connectivity index (χ1v) is 12.2. The minimum Gasteiger partial charge on any atom is -0.370 e. The second kappa shape index (κ2) is 10.3. The van der Waals surface area contributed by atoms with Gasteiger partial charge in [0.25, 0.3) is 0 Å². The fourth-order valence-corrected chi connectivity index (χ4v) is 4.69. The highest BCUT2D eigenvalue weighted by Gasteiger charge is 2.34. The van der Waals surface area contributed by atoms with E-state index >= 15 is 0 Å². The van der Waals surface area contributed by atoms with Gasteiger partial charge in [-0.05, 0) is 42.2 Å². The Balaban J connectivity index is 1.41. The predicted octanol–water partition coefficient (Wildman–Crippen LogP) is 6.07. The third-order valence-corrected chi connectivity index (χ3v) is 6.66. The van der Waals surface area contributed by atoms with Gasteiger partial charge in [0.15, 0.2) is 0 Å². The van der Waals surface area contributed by atoms with Gasteiger partial charge in [-0.25, -0.2) is 4.98 Å². The van der Waals surface area contributed by atoms with Crippen molar-refractivity contribution in [2.75, 3.05) is 34.5 Å². The first-order valence-electron chi connectivity index (χ1n) is 12.2. The molecular formula is C28H32F3N5O. The largest absolute Gasteiger partial charge is 0.416 e. The molecule has 2 heterocycles. The molecule has 2 aromatic carbocycles. The number of alkyl halides is 3. The number of aryl methyl sites for hydroxylation is 1. The Hall–Kier alpha value is -3.75. The van der Waals surface area contributed by atoms with Crippen LogP contribution in [-0.4, -0.2) is 31.0 Å². The lowest BCUT2D eigenvalue weighted by Gasteiger charge is -2.38. The standard InChI is InChI=1S/C28H32F3N5O/c1-17(2)26-27(37)34-25-18(3)33-24(14-23(25)36(26)5)32-15-19-9-11-20(12-10-19)16-35(4)22-8-6-7-21(13-22)28(29,30)31/h6-14,17,26H,15-16H2,1-5H3,(H,32,33)(H,34,37)/t26-/m0/s1. The van der Waals surface area contributed by atoms with Crippen molar-refractivity contribution >= 4 is 28.8 Å². The molecular weight excluding hydrogens is 479 g/mol. The van der Waals surface area contributed by atoms with Crippen LogP contribution in [-0.2, 0) is 24.1 Å². The zero-order chi connectivity index (χ0) is 26.9. The van der Waals surface area contributed by atoms with Crippen molar-refractivity contribution in [3.05, 3.63) is 77.0 Å². The Morgan fingerprint density at radius 1 is 1.11 bits per heavy atom. The van der Waals surface area contributed by atoms with Crippen molar-refractivity contribution in [2.24, 2.45) is 5.92 Å². The number of anilines is 4. The number of fused-ring (bicyclic) bond motifs is 1. The molecule has 37 heavy (non-hydrogen) atoms. The average Bonchev–Trinajstić information content (AvgIpc) is 2.84. The highest BCUT2D eigenvalue weighted by Crippen LogP contribution is 2.37. The van der Waals surface area contributed by atoms with Crippen molar-refractivity contribution in [1.29, 1.82) is 0 Å². The molecule has 0 radical (unpaired) electrons. The Morgan fingerprint density at radius 3 is 2.43 bits per heavy atom. The Bertz CT molecular complexity index is 1270. The maximum Gasteiger partial charge on any atom is 0.416 e. The normalized spacial score (nSPS) is 15.4. The second-order valence-corrected chi connectivity index (χ2v) is 9.85. The van der Waals surface area contributed by atoms with Gasteiger partial charge < -0.3 is 20.4 Å². The number of benzene rings is 2. The Morgan fingerprint density at radius 2 is 1.78 bits per heavy atom. The van der Waals surface area contributed by atoms with Gasteiger partial charge in [0.1, 0.15) is 11.9 Å². The number of likely N-dealkylation sites (N-methyl/N-ethyl adjacent to an activating group) is 1. The maximum absolute atomic E-state index is 13.0. The maximum atomic E-state index is 13.0. The van der Waals surface area contributed by atoms with Crippen LogP contribution < -0.4 is 20.4 Å². The molecule has 0 bridgehead atoms. The van der Waals surface area contributed by atoms with Gasteiger partial charge in [-0.3, -0.25) is 4.79 Å². The van der Waals surface area contributed by atoms with Gasteiger partial charge in [-0.1, -0.05) is 44.2 Å². The van der Waals surface area contributed by atoms with E-state index in [0.29, 0.717) is 18.8 Å². The fraction of sp³-hybridized carbons (Fsp3) is 0.357. The number of nitrogens with one attached hydrogen (secondary N) is 2. The van der Waals surface area contributed by atoms with Gasteiger partial charge in [0.2, 0.25) is 5.91 Å². The summed E-state index contributed by atoms with van der Waals surface area (Å²) in [7, 11) is 3.71. The van der Waals surface area contributed by atoms with Gasteiger partial charge in [-0.15, -0.1) is 0 Å². The lowest BCUT2D eigenvalue weighted by Crippen LogP contribution is -2.49. The molecule has 0 fully saturated rings. The van der Waals surface area contributed by atoms with Crippen LogP contribution in [0, 0.1) is 12.8 Å². The second-order valence-electron chi connectivity index (χ2n) is 9.85. The van der Waals surface area contributed by atoms with Crippen LogP contribution in [0.3, 0.4) is 0 Å². The van der Waals surface area contributed by atoms with Crippen molar-refractivity contribution in [1.82, 2.24) is 4.98 Å². The predicted molar refractivity (Wildman–Crippen MR) is 142 cm³/mol. The molecule has 2 N–H and O–H groups in total. The van der Waals surface area contributed by atoms with E-state index in [-0.39, 0.29) is 17.9 Å². The summed E-state index contributed by atoms with van der Waals surface area (Å²) >= 11 is 0. The zero-order valence-electron chi connectivity index (χ0n) is 21.6. The summed E-state index contributed by atoms with van der Waals surface area (Å²) in [6, 6.07) is 15.0. The van der Waals surface area contributed by atoms with Gasteiger partial charge >= 0.3 is 6.18 Å². The summed E-state index contributed by atoms with van der Waals surface area (Å²) < 4.78 is 39.1. The van der Waals surface area contributed by atoms with E-state index in [0.717, 1.165) is 46.1 Å². The highest BCUT2D eigenvalue weighted by atomic mass is 19.4. The Labute approximate surface area is 215 Å². The minimum atomic E-state index is -4.36. The smallest absolute Gasteiger partial charge is 0.370 e. The number of rotatable bonds is 7. The van der Waals surface area contributed by atoms with Crippen LogP contribution in [0.25, 0.3) is 0 Å². The minimum absolute atomic E-state index is 0.0191. The molecule has 1 aromatic heterocycles. The van der Waals surface area contributed by atoms with E-state index in [9.17, 15) is 18.0 Å². The van der Waals surface area contributed by atoms with E-state index in [1.807, 2.05) is 63.1 Å². The summed E-state index contributed by atoms with van der Waals surface area (Å²) in [5.41, 5.74) is 4.31. The van der Waals surface area contributed by atoms with E-state index in [1.165, 1.54) is 6.07 Å². The molecule has 3 aromatic rings. The molecule has 4 rings (SSSR count). The summed E-state index contributed by atoms with van der Waals surface area (Å²) in [6.07, 6.45) is -4.36. The first kappa shape index (κ1) is 26.3. The summed E-state index contributed by atoms with van der Waals surface area (Å²) in [5, 5.41) is 6.37. The van der Waals surface area contributed by atoms with Crippen LogP contribution in [0.5, 0.6) is 0 Å². The molecule has 0 saturated heterocycles. The molecule has 0 saturated carbocycles. The zero-order valence-corrected chi connectivity index (χ0v) is 21.6.